The largest absolute Gasteiger partial charge is 0.455 e. The van der Waals surface area contributed by atoms with Gasteiger partial charge in [0.25, 0.3) is 5.91 Å². The average Bonchev–Trinajstić information content (AvgIpc) is 3.41. The second kappa shape index (κ2) is 14.7. The first kappa shape index (κ1) is 33.5. The third kappa shape index (κ3) is 7.26. The number of hydrogen-bond acceptors (Lipinski definition) is 7. The maximum absolute atomic E-state index is 13.6. The van der Waals surface area contributed by atoms with Crippen molar-refractivity contribution >= 4 is 23.2 Å². The zero-order valence-corrected chi connectivity index (χ0v) is 26.2. The van der Waals surface area contributed by atoms with Gasteiger partial charge in [0.2, 0.25) is 0 Å². The summed E-state index contributed by atoms with van der Waals surface area (Å²) >= 11 is 0. The molecule has 11 heteroatoms. The Balaban J connectivity index is 0.00000139. The Morgan fingerprint density at radius 2 is 1.74 bits per heavy atom. The Morgan fingerprint density at radius 1 is 1.04 bits per heavy atom. The topological polar surface area (TPSA) is 106 Å². The molecule has 244 valence electrons. The van der Waals surface area contributed by atoms with Gasteiger partial charge in [-0.2, -0.15) is 8.78 Å². The van der Waals surface area contributed by atoms with E-state index in [0.29, 0.717) is 45.7 Å². The van der Waals surface area contributed by atoms with Crippen LogP contribution in [0.2, 0.25) is 0 Å². The highest BCUT2D eigenvalue weighted by Crippen LogP contribution is 2.43. The molecule has 0 bridgehead atoms. The van der Waals surface area contributed by atoms with Gasteiger partial charge in [0.05, 0.1) is 11.7 Å². The first-order chi connectivity index (χ1) is 22.7. The van der Waals surface area contributed by atoms with E-state index < -0.39 is 30.0 Å². The number of carbonyl (C=O) groups excluding carboxylic acids is 2. The predicted octanol–water partition coefficient (Wildman–Crippen LogP) is 7.32. The number of aromatic nitrogens is 2. The summed E-state index contributed by atoms with van der Waals surface area (Å²) in [6.07, 6.45) is 4.83. The fraction of sp³-hybridized carbons (Fsp3) is 0.278. The zero-order chi connectivity index (χ0) is 33.6. The van der Waals surface area contributed by atoms with Gasteiger partial charge in [0.1, 0.15) is 22.7 Å². The second-order valence-corrected chi connectivity index (χ2v) is 11.3. The molecule has 1 fully saturated rings. The Hall–Kier alpha value is -4.87. The van der Waals surface area contributed by atoms with Gasteiger partial charge in [-0.25, -0.2) is 14.4 Å². The van der Waals surface area contributed by atoms with Gasteiger partial charge in [-0.1, -0.05) is 25.5 Å². The molecule has 5 aromatic rings. The molecule has 2 aromatic heterocycles. The Bertz CT molecular complexity index is 1840. The smallest absolute Gasteiger partial charge is 0.345 e. The second-order valence-electron chi connectivity index (χ2n) is 11.3. The Labute approximate surface area is 270 Å². The van der Waals surface area contributed by atoms with E-state index in [-0.39, 0.29) is 12.8 Å². The van der Waals surface area contributed by atoms with Crippen LogP contribution in [0, 0.1) is 5.82 Å². The van der Waals surface area contributed by atoms with Crippen LogP contribution in [0.1, 0.15) is 58.3 Å². The molecule has 0 unspecified atom stereocenters. The number of aldehydes is 1. The van der Waals surface area contributed by atoms with Gasteiger partial charge in [0.15, 0.2) is 12.1 Å². The SMILES string of the molecule is CCCc1cc2oc(-c3ccc(F)cc3)c(C=O)c2cc1-c1cccc(C(=O)NC2(c3ncccn3)CC(OC(F)F)C2)c1.CNC. The molecule has 1 saturated carbocycles. The number of nitrogens with zero attached hydrogens (tertiary/aromatic N) is 2. The predicted molar refractivity (Wildman–Crippen MR) is 173 cm³/mol. The fourth-order valence-electron chi connectivity index (χ4n) is 5.85. The Kier molecular flexibility index (Phi) is 10.5. The number of amides is 1. The van der Waals surface area contributed by atoms with Crippen molar-refractivity contribution in [3.8, 4) is 22.5 Å². The summed E-state index contributed by atoms with van der Waals surface area (Å²) in [5, 5.41) is 6.33. The first-order valence-electron chi connectivity index (χ1n) is 15.2. The molecule has 47 heavy (non-hydrogen) atoms. The molecule has 0 atom stereocenters. The van der Waals surface area contributed by atoms with E-state index in [9.17, 15) is 22.8 Å². The van der Waals surface area contributed by atoms with Crippen LogP contribution in [-0.2, 0) is 16.7 Å². The standard InChI is InChI=1S/C34H28F3N3O4.C2H7N/c1-2-5-21-15-29-27(28(19-41)30(44-29)20-8-10-24(35)11-9-20)16-26(21)22-6-3-7-23(14-22)31(42)40-34(32-38-12-4-13-39-32)17-25(18-34)43-33(36)37;1-3-2/h3-4,6-16,19,25,33H,2,5,17-18H2,1H3,(H,40,42);3H,1-2H3. The first-order valence-corrected chi connectivity index (χ1v) is 15.2. The number of carbonyl (C=O) groups is 2. The number of nitrogens with one attached hydrogen (secondary N) is 2. The van der Waals surface area contributed by atoms with Crippen molar-refractivity contribution in [1.82, 2.24) is 20.6 Å². The monoisotopic (exact) mass is 644 g/mol. The van der Waals surface area contributed by atoms with Crippen molar-refractivity contribution < 1.29 is 31.9 Å². The van der Waals surface area contributed by atoms with Crippen LogP contribution in [0.15, 0.2) is 83.5 Å². The quantitative estimate of drug-likeness (QED) is 0.154. The molecular weight excluding hydrogens is 609 g/mol. The van der Waals surface area contributed by atoms with E-state index in [2.05, 4.69) is 32.3 Å². The van der Waals surface area contributed by atoms with Gasteiger partial charge >= 0.3 is 6.61 Å². The lowest BCUT2D eigenvalue weighted by atomic mass is 9.73. The van der Waals surface area contributed by atoms with Crippen molar-refractivity contribution in [2.75, 3.05) is 14.1 Å². The minimum atomic E-state index is -2.92. The molecular formula is C36H35F3N4O4. The molecule has 8 nitrogen and oxygen atoms in total. The number of furan rings is 1. The van der Waals surface area contributed by atoms with Crippen LogP contribution in [-0.4, -0.2) is 49.0 Å². The summed E-state index contributed by atoms with van der Waals surface area (Å²) in [6.45, 7) is -0.867. The van der Waals surface area contributed by atoms with E-state index in [1.54, 1.807) is 36.4 Å². The van der Waals surface area contributed by atoms with Crippen molar-refractivity contribution in [2.24, 2.45) is 0 Å². The van der Waals surface area contributed by atoms with Crippen LogP contribution < -0.4 is 10.6 Å². The lowest BCUT2D eigenvalue weighted by Gasteiger charge is -2.46. The minimum absolute atomic E-state index is 0.107. The van der Waals surface area contributed by atoms with E-state index in [4.69, 9.17) is 4.42 Å². The van der Waals surface area contributed by atoms with Crippen LogP contribution in [0.4, 0.5) is 13.2 Å². The van der Waals surface area contributed by atoms with Gasteiger partial charge < -0.3 is 19.8 Å². The van der Waals surface area contributed by atoms with Crippen molar-refractivity contribution in [3.63, 3.8) is 0 Å². The van der Waals surface area contributed by atoms with Crippen molar-refractivity contribution in [3.05, 3.63) is 107 Å². The maximum atomic E-state index is 13.6. The Morgan fingerprint density at radius 3 is 2.38 bits per heavy atom. The number of aryl methyl sites for hydroxylation is 1. The molecule has 1 aliphatic rings. The van der Waals surface area contributed by atoms with E-state index in [1.165, 1.54) is 24.5 Å². The highest BCUT2D eigenvalue weighted by molar-refractivity contribution is 6.04. The van der Waals surface area contributed by atoms with Gasteiger partial charge in [0, 0.05) is 41.7 Å². The molecule has 2 heterocycles. The molecule has 0 saturated heterocycles. The van der Waals surface area contributed by atoms with Gasteiger partial charge in [-0.15, -0.1) is 0 Å². The maximum Gasteiger partial charge on any atom is 0.345 e. The number of alkyl halides is 2. The van der Waals surface area contributed by atoms with E-state index >= 15 is 0 Å². The van der Waals surface area contributed by atoms with E-state index in [1.807, 2.05) is 32.3 Å². The summed E-state index contributed by atoms with van der Waals surface area (Å²) < 4.78 is 50.0. The lowest BCUT2D eigenvalue weighted by Crippen LogP contribution is -2.58. The fourth-order valence-corrected chi connectivity index (χ4v) is 5.85. The normalized spacial score (nSPS) is 17.1. The molecule has 0 aliphatic heterocycles. The summed E-state index contributed by atoms with van der Waals surface area (Å²) in [5.74, 6) is -0.128. The minimum Gasteiger partial charge on any atom is -0.455 e. The molecule has 2 N–H and O–H groups in total. The number of ether oxygens (including phenoxy) is 1. The average molecular weight is 645 g/mol. The summed E-state index contributed by atoms with van der Waals surface area (Å²) in [4.78, 5) is 34.4. The molecule has 0 radical (unpaired) electrons. The third-order valence-electron chi connectivity index (χ3n) is 7.93. The number of rotatable bonds is 10. The summed E-state index contributed by atoms with van der Waals surface area (Å²) in [7, 11) is 3.75. The van der Waals surface area contributed by atoms with Crippen LogP contribution in [0.3, 0.4) is 0 Å². The summed E-state index contributed by atoms with van der Waals surface area (Å²) in [6, 6.07) is 18.2. The number of benzene rings is 3. The van der Waals surface area contributed by atoms with Gasteiger partial charge in [-0.05, 0) is 91.8 Å². The number of hydrogen-bond donors (Lipinski definition) is 2. The molecule has 1 aliphatic carbocycles. The van der Waals surface area contributed by atoms with Crippen molar-refractivity contribution in [2.45, 2.75) is 50.9 Å². The molecule has 3 aromatic carbocycles. The zero-order valence-electron chi connectivity index (χ0n) is 26.2. The van der Waals surface area contributed by atoms with Crippen LogP contribution >= 0.6 is 0 Å². The number of fused-ring (bicyclic) bond motifs is 1. The highest BCUT2D eigenvalue weighted by atomic mass is 19.3. The third-order valence-corrected chi connectivity index (χ3v) is 7.93. The lowest BCUT2D eigenvalue weighted by molar-refractivity contribution is -0.198. The molecule has 0 spiro atoms. The highest BCUT2D eigenvalue weighted by Gasteiger charge is 2.50. The summed E-state index contributed by atoms with van der Waals surface area (Å²) in [5.41, 5.74) is 3.31. The van der Waals surface area contributed by atoms with E-state index in [0.717, 1.165) is 29.4 Å². The van der Waals surface area contributed by atoms with Gasteiger partial charge in [-0.3, -0.25) is 9.59 Å². The molecule has 6 rings (SSSR count). The number of halogens is 3. The molecule has 1 amide bonds. The van der Waals surface area contributed by atoms with Crippen LogP contribution in [0.5, 0.6) is 0 Å². The van der Waals surface area contributed by atoms with Crippen molar-refractivity contribution in [1.29, 1.82) is 0 Å². The van der Waals surface area contributed by atoms with Crippen LogP contribution in [0.25, 0.3) is 33.4 Å².